The van der Waals surface area contributed by atoms with Gasteiger partial charge in [-0.2, -0.15) is 0 Å². The van der Waals surface area contributed by atoms with E-state index < -0.39 is 22.9 Å². The predicted octanol–water partition coefficient (Wildman–Crippen LogP) is -5.64. The van der Waals surface area contributed by atoms with Crippen LogP contribution in [0.1, 0.15) is 18.9 Å². The molecule has 5 heteroatoms. The van der Waals surface area contributed by atoms with Gasteiger partial charge < -0.3 is 37.2 Å². The zero-order chi connectivity index (χ0) is 12.3. The van der Waals surface area contributed by atoms with E-state index in [1.165, 1.54) is 12.0 Å². The molecule has 0 amide bonds. The fourth-order valence-electron chi connectivity index (χ4n) is 2.06. The average molecular weight is 498 g/mol. The normalized spacial score (nSPS) is 15.1. The molecular weight excluding hydrogens is 479 g/mol. The number of nitrogens with zero attached hydrogens (tertiary/aromatic N) is 1. The molecule has 1 aromatic rings. The van der Waals surface area contributed by atoms with Crippen LogP contribution in [0.15, 0.2) is 51.9 Å². The summed E-state index contributed by atoms with van der Waals surface area (Å²) in [7, 11) is 4.42. The van der Waals surface area contributed by atoms with E-state index in [-0.39, 0.29) is 40.5 Å². The Bertz CT molecular complexity index is 446. The molecule has 0 heterocycles. The maximum atomic E-state index is 2.41. The van der Waals surface area contributed by atoms with Gasteiger partial charge in [0.25, 0.3) is 0 Å². The molecule has 0 bridgehead atoms. The van der Waals surface area contributed by atoms with Gasteiger partial charge in [-0.3, -0.25) is 0 Å². The van der Waals surface area contributed by atoms with Crippen LogP contribution in [-0.4, -0.2) is 19.0 Å². The van der Waals surface area contributed by atoms with Gasteiger partial charge in [-0.1, -0.05) is 0 Å². The Hall–Kier alpha value is 0.400. The third-order valence-corrected chi connectivity index (χ3v) is 10.3. The summed E-state index contributed by atoms with van der Waals surface area (Å²) in [6.45, 7) is 2.41. The van der Waals surface area contributed by atoms with Crippen molar-refractivity contribution in [3.8, 4) is 0 Å². The average Bonchev–Trinajstić information content (AvgIpc) is 2.82. The Balaban J connectivity index is 0. The molecule has 1 nitrogen and oxygen atoms in total. The summed E-state index contributed by atoms with van der Waals surface area (Å²) in [4.78, 5) is 2.41. The van der Waals surface area contributed by atoms with Gasteiger partial charge in [-0.05, 0) is 0 Å². The van der Waals surface area contributed by atoms with Gasteiger partial charge in [0.15, 0.2) is 0 Å². The van der Waals surface area contributed by atoms with Gasteiger partial charge in [-0.25, -0.2) is 0 Å². The van der Waals surface area contributed by atoms with E-state index in [2.05, 4.69) is 74.5 Å². The first-order valence-electron chi connectivity index (χ1n) is 6.00. The number of halogens is 3. The van der Waals surface area contributed by atoms with Gasteiger partial charge in [-0.15, -0.1) is 0 Å². The summed E-state index contributed by atoms with van der Waals surface area (Å²) >= 11 is -0.880. The molecule has 0 fully saturated rings. The molecule has 0 saturated carbocycles. The number of hydrogen-bond donors (Lipinski definition) is 0. The molecule has 20 heavy (non-hydrogen) atoms. The zero-order valence-electron chi connectivity index (χ0n) is 11.9. The van der Waals surface area contributed by atoms with Crippen LogP contribution in [-0.2, 0) is 26.2 Å². The first-order chi connectivity index (χ1) is 8.13. The monoisotopic (exact) mass is 498 g/mol. The van der Waals surface area contributed by atoms with Gasteiger partial charge in [0, 0.05) is 0 Å². The zero-order valence-corrected chi connectivity index (χ0v) is 17.8. The molecular formula is C15H19Cl3HfN. The van der Waals surface area contributed by atoms with Crippen LogP contribution in [0.5, 0.6) is 0 Å². The summed E-state index contributed by atoms with van der Waals surface area (Å²) in [6, 6.07) is 11.0. The van der Waals surface area contributed by atoms with Crippen LogP contribution in [0.3, 0.4) is 0 Å². The van der Waals surface area contributed by atoms with Crippen molar-refractivity contribution in [3.05, 3.63) is 57.5 Å². The number of allylic oxidation sites excluding steroid dienone is 4. The van der Waals surface area contributed by atoms with Crippen LogP contribution in [0.4, 0.5) is 0 Å². The van der Waals surface area contributed by atoms with E-state index in [9.17, 15) is 0 Å². The van der Waals surface area contributed by atoms with Crippen molar-refractivity contribution >= 4 is 0 Å². The molecule has 1 aliphatic carbocycles. The Labute approximate surface area is 152 Å². The van der Waals surface area contributed by atoms with Crippen molar-refractivity contribution in [2.45, 2.75) is 16.6 Å². The van der Waals surface area contributed by atoms with Crippen LogP contribution >= 0.6 is 0 Å². The second-order valence-electron chi connectivity index (χ2n) is 4.78. The summed E-state index contributed by atoms with van der Waals surface area (Å²) < 4.78 is 1.99. The Morgan fingerprint density at radius 3 is 2.10 bits per heavy atom. The Morgan fingerprint density at radius 2 is 1.65 bits per heavy atom. The molecule has 0 N–H and O–H groups in total. The molecule has 1 unspecified atom stereocenters. The first kappa shape index (κ1) is 22.7. The van der Waals surface area contributed by atoms with E-state index in [4.69, 9.17) is 0 Å². The second-order valence-corrected chi connectivity index (χ2v) is 11.5. The van der Waals surface area contributed by atoms with Gasteiger partial charge in [0.2, 0.25) is 0 Å². The topological polar surface area (TPSA) is 3.24 Å². The Kier molecular flexibility index (Phi) is 11.5. The van der Waals surface area contributed by atoms with Crippen molar-refractivity contribution in [3.63, 3.8) is 0 Å². The SMILES string of the molecule is CN(C)[C](C)([Hf+3][C]1=CC=CC1)c1ccccc1.[Cl-].[Cl-].[Cl-]. The largest absolute Gasteiger partial charge is 1.00 e. The molecule has 1 aromatic carbocycles. The summed E-state index contributed by atoms with van der Waals surface area (Å²) in [5.41, 5.74) is 1.47. The van der Waals surface area contributed by atoms with Crippen molar-refractivity contribution < 1.29 is 60.1 Å². The van der Waals surface area contributed by atoms with E-state index in [0.29, 0.717) is 0 Å². The summed E-state index contributed by atoms with van der Waals surface area (Å²) in [5, 5.41) is 0. The van der Waals surface area contributed by atoms with E-state index >= 15 is 0 Å². The molecule has 0 aliphatic heterocycles. The van der Waals surface area contributed by atoms with E-state index in [0.717, 1.165) is 0 Å². The minimum atomic E-state index is -0.880. The fraction of sp³-hybridized carbons (Fsp3) is 0.333. The molecule has 0 radical (unpaired) electrons. The third kappa shape index (κ3) is 5.31. The molecule has 0 spiro atoms. The molecule has 1 atom stereocenters. The fourth-order valence-corrected chi connectivity index (χ4v) is 7.66. The smallest absolute Gasteiger partial charge is 1.00 e. The second kappa shape index (κ2) is 10.2. The van der Waals surface area contributed by atoms with Crippen LogP contribution < -0.4 is 37.2 Å². The van der Waals surface area contributed by atoms with Crippen LogP contribution in [0.2, 0.25) is 0 Å². The van der Waals surface area contributed by atoms with Crippen LogP contribution in [0.25, 0.3) is 0 Å². The molecule has 1 aliphatic rings. The molecule has 0 aromatic heterocycles. The maximum absolute atomic E-state index is 2.41. The molecule has 109 valence electrons. The van der Waals surface area contributed by atoms with Crippen molar-refractivity contribution in [2.24, 2.45) is 0 Å². The van der Waals surface area contributed by atoms with Crippen molar-refractivity contribution in [1.82, 2.24) is 4.90 Å². The maximum Gasteiger partial charge on any atom is -1.00 e. The third-order valence-electron chi connectivity index (χ3n) is 3.41. The van der Waals surface area contributed by atoms with Crippen molar-refractivity contribution in [2.75, 3.05) is 14.1 Å². The first-order valence-corrected chi connectivity index (χ1v) is 9.59. The van der Waals surface area contributed by atoms with Crippen LogP contribution in [0, 0.1) is 0 Å². The van der Waals surface area contributed by atoms with Gasteiger partial charge in [0.05, 0.1) is 0 Å². The quantitative estimate of drug-likeness (QED) is 0.375. The minimum absolute atomic E-state index is 0. The Morgan fingerprint density at radius 1 is 1.05 bits per heavy atom. The van der Waals surface area contributed by atoms with Gasteiger partial charge >= 0.3 is 116 Å². The summed E-state index contributed by atoms with van der Waals surface area (Å²) in [6.07, 6.45) is 8.03. The minimum Gasteiger partial charge on any atom is -1.00 e. The molecule has 2 rings (SSSR count). The van der Waals surface area contributed by atoms with E-state index in [1.54, 1.807) is 3.33 Å². The van der Waals surface area contributed by atoms with Gasteiger partial charge in [0.1, 0.15) is 0 Å². The van der Waals surface area contributed by atoms with Crippen molar-refractivity contribution in [1.29, 1.82) is 0 Å². The number of rotatable bonds is 4. The number of hydrogen-bond acceptors (Lipinski definition) is 1. The predicted molar refractivity (Wildman–Crippen MR) is 69.3 cm³/mol. The number of benzene rings is 1. The van der Waals surface area contributed by atoms with E-state index in [1.807, 2.05) is 0 Å². The molecule has 0 saturated heterocycles. The standard InChI is InChI=1S/C10H14N.C5H5.3ClH.Hf/c1-9(11(2)3)10-7-5-4-6-8-10;1-2-4-5-3-1;;;;/h4-8H,1-3H3;1-3H,4H2;3*1H;/q;;;;;+3/p-3. The summed E-state index contributed by atoms with van der Waals surface area (Å²) in [5.74, 6) is 0.